The zero-order valence-corrected chi connectivity index (χ0v) is 19.4. The number of carbonyl (C=O) groups is 1. The number of alkyl halides is 1. The van der Waals surface area contributed by atoms with Crippen molar-refractivity contribution >= 4 is 33.0 Å². The Morgan fingerprint density at radius 2 is 1.88 bits per heavy atom. The molecule has 32 heavy (non-hydrogen) atoms. The predicted octanol–water partition coefficient (Wildman–Crippen LogP) is 4.70. The molecule has 176 valence electrons. The lowest BCUT2D eigenvalue weighted by Gasteiger charge is -2.18. The zero-order valence-electron chi connectivity index (χ0n) is 17.8. The van der Waals surface area contributed by atoms with Crippen LogP contribution in [0.4, 0.5) is 10.1 Å². The second kappa shape index (κ2) is 12.6. The Labute approximate surface area is 191 Å². The van der Waals surface area contributed by atoms with E-state index in [4.69, 9.17) is 0 Å². The van der Waals surface area contributed by atoms with Crippen LogP contribution in [0, 0.1) is 10.1 Å². The summed E-state index contributed by atoms with van der Waals surface area (Å²) >= 11 is 1.46. The number of methoxy groups -OCH3 is 1. The van der Waals surface area contributed by atoms with E-state index in [2.05, 4.69) is 9.46 Å². The molecule has 8 nitrogen and oxygen atoms in total. The fourth-order valence-electron chi connectivity index (χ4n) is 3.11. The molecule has 0 radical (unpaired) electrons. The molecule has 0 fully saturated rings. The van der Waals surface area contributed by atoms with Crippen molar-refractivity contribution in [2.45, 2.75) is 55.9 Å². The normalized spacial score (nSPS) is 12.4. The van der Waals surface area contributed by atoms with E-state index < -0.39 is 27.7 Å². The molecule has 0 aliphatic rings. The fourth-order valence-corrected chi connectivity index (χ4v) is 5.57. The van der Waals surface area contributed by atoms with Crippen LogP contribution in [0.5, 0.6) is 0 Å². The summed E-state index contributed by atoms with van der Waals surface area (Å²) in [4.78, 5) is 23.3. The van der Waals surface area contributed by atoms with Crippen molar-refractivity contribution in [2.75, 3.05) is 13.8 Å². The van der Waals surface area contributed by atoms with Crippen LogP contribution in [0.1, 0.15) is 54.3 Å². The fraction of sp³-hybridized carbons (Fsp3) is 0.476. The summed E-state index contributed by atoms with van der Waals surface area (Å²) in [6.45, 7) is -0.414. The number of esters is 1. The number of sulfonamides is 1. The molecule has 0 aliphatic heterocycles. The lowest BCUT2D eigenvalue weighted by Crippen LogP contribution is -2.28. The van der Waals surface area contributed by atoms with E-state index in [1.165, 1.54) is 30.6 Å². The van der Waals surface area contributed by atoms with Crippen LogP contribution in [0.3, 0.4) is 0 Å². The number of aryl methyl sites for hydroxylation is 1. The van der Waals surface area contributed by atoms with Crippen LogP contribution >= 0.6 is 11.3 Å². The summed E-state index contributed by atoms with van der Waals surface area (Å²) in [7, 11) is -2.57. The van der Waals surface area contributed by atoms with E-state index in [-0.39, 0.29) is 16.6 Å². The number of rotatable bonds is 14. The van der Waals surface area contributed by atoms with Crippen molar-refractivity contribution < 1.29 is 27.3 Å². The Bertz CT molecular complexity index is 992. The van der Waals surface area contributed by atoms with E-state index in [0.717, 1.165) is 21.9 Å². The number of non-ortho nitro benzene ring substituents is 1. The van der Waals surface area contributed by atoms with Gasteiger partial charge in [0.1, 0.15) is 0 Å². The SMILES string of the molecule is COC(=O)CCCc1ccc(C(CCCCCF)NS(=O)(=O)c2ccc([N+](=O)[O-])cc2)s1. The van der Waals surface area contributed by atoms with Crippen molar-refractivity contribution in [1.82, 2.24) is 4.72 Å². The van der Waals surface area contributed by atoms with Gasteiger partial charge in [-0.2, -0.15) is 0 Å². The minimum absolute atomic E-state index is 0.0632. The first kappa shape index (κ1) is 25.9. The lowest BCUT2D eigenvalue weighted by atomic mass is 10.1. The Balaban J connectivity index is 2.14. The molecule has 0 aliphatic carbocycles. The molecule has 0 spiro atoms. The van der Waals surface area contributed by atoms with Gasteiger partial charge in [0.05, 0.1) is 29.6 Å². The molecule has 1 unspecified atom stereocenters. The predicted molar refractivity (Wildman–Crippen MR) is 120 cm³/mol. The molecular formula is C21H27FN2O6S2. The Kier molecular flexibility index (Phi) is 10.2. The molecule has 1 N–H and O–H groups in total. The number of benzene rings is 1. The number of halogens is 1. The molecule has 2 aromatic rings. The first-order valence-corrected chi connectivity index (χ1v) is 12.5. The second-order valence-corrected chi connectivity index (χ2v) is 10.1. The van der Waals surface area contributed by atoms with E-state index in [9.17, 15) is 27.7 Å². The van der Waals surface area contributed by atoms with Crippen LogP contribution < -0.4 is 4.72 Å². The maximum Gasteiger partial charge on any atom is 0.305 e. The molecule has 11 heteroatoms. The van der Waals surface area contributed by atoms with Gasteiger partial charge >= 0.3 is 5.97 Å². The number of ether oxygens (including phenoxy) is 1. The van der Waals surface area contributed by atoms with Crippen LogP contribution in [-0.2, 0) is 26.0 Å². The molecule has 0 bridgehead atoms. The number of hydrogen-bond acceptors (Lipinski definition) is 7. The molecule has 1 aromatic carbocycles. The number of nitro groups is 1. The molecule has 0 saturated heterocycles. The molecule has 1 atom stereocenters. The summed E-state index contributed by atoms with van der Waals surface area (Å²) < 4.78 is 45.5. The Hall–Kier alpha value is -2.37. The summed E-state index contributed by atoms with van der Waals surface area (Å²) in [5.74, 6) is -0.275. The van der Waals surface area contributed by atoms with Crippen molar-refractivity contribution in [3.63, 3.8) is 0 Å². The summed E-state index contributed by atoms with van der Waals surface area (Å²) in [5, 5.41) is 10.8. The molecule has 0 amide bonds. The first-order chi connectivity index (χ1) is 15.3. The summed E-state index contributed by atoms with van der Waals surface area (Å²) in [6.07, 6.45) is 3.81. The molecule has 1 aromatic heterocycles. The molecule has 2 rings (SSSR count). The first-order valence-electron chi connectivity index (χ1n) is 10.2. The smallest absolute Gasteiger partial charge is 0.305 e. The number of nitro benzene ring substituents is 1. The number of carbonyl (C=O) groups excluding carboxylic acids is 1. The maximum absolute atomic E-state index is 12.9. The summed E-state index contributed by atoms with van der Waals surface area (Å²) in [5.41, 5.74) is -0.193. The van der Waals surface area contributed by atoms with Crippen LogP contribution in [0.2, 0.25) is 0 Å². The third kappa shape index (κ3) is 7.95. The average molecular weight is 487 g/mol. The van der Waals surface area contributed by atoms with E-state index in [0.29, 0.717) is 44.9 Å². The average Bonchev–Trinajstić information content (AvgIpc) is 3.24. The number of unbranched alkanes of at least 4 members (excludes halogenated alkanes) is 2. The highest BCUT2D eigenvalue weighted by molar-refractivity contribution is 7.89. The highest BCUT2D eigenvalue weighted by atomic mass is 32.2. The number of nitrogens with one attached hydrogen (secondary N) is 1. The molecular weight excluding hydrogens is 459 g/mol. The third-order valence-corrected chi connectivity index (χ3v) is 7.59. The molecule has 1 heterocycles. The second-order valence-electron chi connectivity index (χ2n) is 7.20. The minimum atomic E-state index is -3.92. The quantitative estimate of drug-likeness (QED) is 0.179. The Morgan fingerprint density at radius 3 is 2.50 bits per heavy atom. The van der Waals surface area contributed by atoms with Gasteiger partial charge in [0, 0.05) is 28.3 Å². The standard InChI is InChI=1S/C21H27FN2O6S2/c1-30-21(25)8-5-6-17-11-14-20(31-17)19(7-3-2-4-15-22)23-32(28,29)18-12-9-16(10-13-18)24(26)27/h9-14,19,23H,2-8,15H2,1H3. The summed E-state index contributed by atoms with van der Waals surface area (Å²) in [6, 6.07) is 7.96. The van der Waals surface area contributed by atoms with Gasteiger partial charge in [-0.15, -0.1) is 11.3 Å². The van der Waals surface area contributed by atoms with Crippen molar-refractivity contribution in [2.24, 2.45) is 0 Å². The lowest BCUT2D eigenvalue weighted by molar-refractivity contribution is -0.384. The largest absolute Gasteiger partial charge is 0.469 e. The van der Waals surface area contributed by atoms with Crippen molar-refractivity contribution in [3.8, 4) is 0 Å². The van der Waals surface area contributed by atoms with Gasteiger partial charge in [-0.05, 0) is 49.9 Å². The maximum atomic E-state index is 12.9. The van der Waals surface area contributed by atoms with Crippen LogP contribution in [0.15, 0.2) is 41.3 Å². The Morgan fingerprint density at radius 1 is 1.16 bits per heavy atom. The number of thiophene rings is 1. The number of nitrogens with zero attached hydrogens (tertiary/aromatic N) is 1. The van der Waals surface area contributed by atoms with Gasteiger partial charge in [-0.1, -0.05) is 12.8 Å². The number of hydrogen-bond donors (Lipinski definition) is 1. The third-order valence-electron chi connectivity index (χ3n) is 4.84. The van der Waals surface area contributed by atoms with Gasteiger partial charge in [0.25, 0.3) is 5.69 Å². The minimum Gasteiger partial charge on any atom is -0.469 e. The zero-order chi connectivity index (χ0) is 23.6. The monoisotopic (exact) mass is 486 g/mol. The van der Waals surface area contributed by atoms with Gasteiger partial charge in [-0.25, -0.2) is 13.1 Å². The van der Waals surface area contributed by atoms with E-state index >= 15 is 0 Å². The van der Waals surface area contributed by atoms with Gasteiger partial charge in [-0.3, -0.25) is 19.3 Å². The van der Waals surface area contributed by atoms with E-state index in [1.54, 1.807) is 0 Å². The van der Waals surface area contributed by atoms with Crippen molar-refractivity contribution in [3.05, 3.63) is 56.3 Å². The van der Waals surface area contributed by atoms with Crippen molar-refractivity contribution in [1.29, 1.82) is 0 Å². The topological polar surface area (TPSA) is 116 Å². The van der Waals surface area contributed by atoms with Gasteiger partial charge in [0.2, 0.25) is 10.0 Å². The van der Waals surface area contributed by atoms with Crippen LogP contribution in [0.25, 0.3) is 0 Å². The van der Waals surface area contributed by atoms with E-state index in [1.807, 2.05) is 12.1 Å². The highest BCUT2D eigenvalue weighted by Gasteiger charge is 2.23. The van der Waals surface area contributed by atoms with Gasteiger partial charge < -0.3 is 4.74 Å². The van der Waals surface area contributed by atoms with Gasteiger partial charge in [0.15, 0.2) is 0 Å². The van der Waals surface area contributed by atoms with Crippen LogP contribution in [-0.4, -0.2) is 33.1 Å². The highest BCUT2D eigenvalue weighted by Crippen LogP contribution is 2.30. The molecule has 0 saturated carbocycles.